The van der Waals surface area contributed by atoms with E-state index >= 15 is 0 Å². The van der Waals surface area contributed by atoms with Crippen LogP contribution in [0.15, 0.2) is 54.6 Å². The summed E-state index contributed by atoms with van der Waals surface area (Å²) in [4.78, 5) is 28.1. The Balaban J connectivity index is 1.76. The molecular formula is C23H25FN2O3. The average molecular weight is 396 g/mol. The zero-order valence-electron chi connectivity index (χ0n) is 16.4. The molecule has 2 aliphatic rings. The van der Waals surface area contributed by atoms with Gasteiger partial charge in [-0.1, -0.05) is 48.5 Å². The number of esters is 1. The van der Waals surface area contributed by atoms with Crippen molar-refractivity contribution in [3.05, 3.63) is 71.5 Å². The number of hydrogen-bond donors (Lipinski definition) is 1. The molecule has 0 saturated carbocycles. The highest BCUT2D eigenvalue weighted by atomic mass is 19.1. The number of halogens is 1. The highest BCUT2D eigenvalue weighted by Crippen LogP contribution is 2.39. The van der Waals surface area contributed by atoms with Crippen LogP contribution >= 0.6 is 0 Å². The molecule has 2 aromatic rings. The second kappa shape index (κ2) is 7.95. The quantitative estimate of drug-likeness (QED) is 0.790. The number of amides is 1. The average Bonchev–Trinajstić information content (AvgIpc) is 3.06. The maximum absolute atomic E-state index is 14.5. The molecule has 2 fully saturated rings. The molecule has 0 aliphatic carbocycles. The Bertz CT molecular complexity index is 904. The Morgan fingerprint density at radius 3 is 2.62 bits per heavy atom. The molecule has 152 valence electrons. The van der Waals surface area contributed by atoms with Gasteiger partial charge in [0.2, 0.25) is 5.91 Å². The summed E-state index contributed by atoms with van der Waals surface area (Å²) in [7, 11) is 1.32. The highest BCUT2D eigenvalue weighted by molar-refractivity contribution is 5.90. The van der Waals surface area contributed by atoms with Gasteiger partial charge in [-0.25, -0.2) is 9.18 Å². The lowest BCUT2D eigenvalue weighted by Gasteiger charge is -2.40. The van der Waals surface area contributed by atoms with Crippen molar-refractivity contribution in [1.82, 2.24) is 10.2 Å². The fraction of sp³-hybridized carbons (Fsp3) is 0.391. The van der Waals surface area contributed by atoms with E-state index in [4.69, 9.17) is 4.74 Å². The van der Waals surface area contributed by atoms with Crippen LogP contribution in [-0.2, 0) is 27.3 Å². The van der Waals surface area contributed by atoms with Gasteiger partial charge in [-0.15, -0.1) is 0 Å². The molecule has 2 heterocycles. The monoisotopic (exact) mass is 396 g/mol. The number of ether oxygens (including phenoxy) is 1. The minimum absolute atomic E-state index is 0.0485. The van der Waals surface area contributed by atoms with Gasteiger partial charge in [0, 0.05) is 31.5 Å². The molecule has 29 heavy (non-hydrogen) atoms. The number of methoxy groups -OCH3 is 1. The van der Waals surface area contributed by atoms with E-state index in [2.05, 4.69) is 10.2 Å². The smallest absolute Gasteiger partial charge is 0.333 e. The van der Waals surface area contributed by atoms with Gasteiger partial charge >= 0.3 is 5.97 Å². The van der Waals surface area contributed by atoms with Crippen LogP contribution < -0.4 is 5.32 Å². The van der Waals surface area contributed by atoms with E-state index in [-0.39, 0.29) is 24.4 Å². The first-order valence-corrected chi connectivity index (χ1v) is 9.96. The van der Waals surface area contributed by atoms with Crippen molar-refractivity contribution in [2.24, 2.45) is 0 Å². The fourth-order valence-corrected chi connectivity index (χ4v) is 4.86. The lowest BCUT2D eigenvalue weighted by molar-refractivity contribution is -0.153. The van der Waals surface area contributed by atoms with Crippen LogP contribution in [0.3, 0.4) is 0 Å². The summed E-state index contributed by atoms with van der Waals surface area (Å²) in [6, 6.07) is 16.2. The Hall–Kier alpha value is -2.73. The van der Waals surface area contributed by atoms with E-state index in [9.17, 15) is 14.0 Å². The van der Waals surface area contributed by atoms with Gasteiger partial charge < -0.3 is 10.1 Å². The number of nitrogens with one attached hydrogen (secondary N) is 1. The van der Waals surface area contributed by atoms with Crippen molar-refractivity contribution < 1.29 is 18.7 Å². The van der Waals surface area contributed by atoms with E-state index in [0.29, 0.717) is 18.5 Å². The van der Waals surface area contributed by atoms with E-state index in [1.165, 1.54) is 13.2 Å². The van der Waals surface area contributed by atoms with Gasteiger partial charge in [0.1, 0.15) is 5.82 Å². The summed E-state index contributed by atoms with van der Waals surface area (Å²) in [5.74, 6) is -1.12. The molecule has 0 unspecified atom stereocenters. The molecule has 2 aromatic carbocycles. The number of nitrogens with zero attached hydrogens (tertiary/aromatic N) is 1. The molecule has 0 spiro atoms. The Labute approximate surface area is 169 Å². The van der Waals surface area contributed by atoms with Gasteiger partial charge in [0.05, 0.1) is 7.11 Å². The molecule has 2 bridgehead atoms. The summed E-state index contributed by atoms with van der Waals surface area (Å²) in [5.41, 5.74) is 0.181. The van der Waals surface area contributed by atoms with Crippen LogP contribution in [0.5, 0.6) is 0 Å². The lowest BCUT2D eigenvalue weighted by Crippen LogP contribution is -2.65. The van der Waals surface area contributed by atoms with Crippen LogP contribution in [0.4, 0.5) is 4.39 Å². The largest absolute Gasteiger partial charge is 0.467 e. The van der Waals surface area contributed by atoms with Crippen LogP contribution in [0.1, 0.15) is 30.4 Å². The zero-order valence-corrected chi connectivity index (χ0v) is 16.4. The van der Waals surface area contributed by atoms with Crippen molar-refractivity contribution >= 4 is 11.9 Å². The SMILES string of the molecule is COC(=O)[C@@]1(Cc2ccccc2F)NC(=O)C[C@H]2CC[C@H]1N2Cc1ccccc1. The molecule has 0 aromatic heterocycles. The van der Waals surface area contributed by atoms with Crippen LogP contribution in [-0.4, -0.2) is 41.5 Å². The molecule has 3 atom stereocenters. The second-order valence-electron chi connectivity index (χ2n) is 7.89. The van der Waals surface area contributed by atoms with Crippen LogP contribution in [0.2, 0.25) is 0 Å². The van der Waals surface area contributed by atoms with Crippen molar-refractivity contribution in [3.8, 4) is 0 Å². The zero-order chi connectivity index (χ0) is 20.4. The number of hydrogen-bond acceptors (Lipinski definition) is 4. The predicted octanol–water partition coefficient (Wildman–Crippen LogP) is 2.83. The summed E-state index contributed by atoms with van der Waals surface area (Å²) < 4.78 is 19.6. The van der Waals surface area contributed by atoms with Gasteiger partial charge in [0.25, 0.3) is 0 Å². The predicted molar refractivity (Wildman–Crippen MR) is 106 cm³/mol. The number of fused-ring (bicyclic) bond motifs is 2. The minimum atomic E-state index is -1.33. The Kier molecular flexibility index (Phi) is 5.37. The third kappa shape index (κ3) is 3.65. The molecule has 2 saturated heterocycles. The van der Waals surface area contributed by atoms with E-state index in [0.717, 1.165) is 18.4 Å². The van der Waals surface area contributed by atoms with E-state index < -0.39 is 17.3 Å². The normalized spacial score (nSPS) is 26.6. The number of benzene rings is 2. The van der Waals surface area contributed by atoms with Crippen molar-refractivity contribution in [2.45, 2.75) is 49.9 Å². The molecule has 2 aliphatic heterocycles. The summed E-state index contributed by atoms with van der Waals surface area (Å²) in [6.07, 6.45) is 1.93. The molecule has 6 heteroatoms. The van der Waals surface area contributed by atoms with Gasteiger partial charge in [-0.2, -0.15) is 0 Å². The maximum atomic E-state index is 14.5. The summed E-state index contributed by atoms with van der Waals surface area (Å²) in [6.45, 7) is 0.626. The van der Waals surface area contributed by atoms with Gasteiger partial charge in [0.15, 0.2) is 5.54 Å². The number of carbonyl (C=O) groups is 2. The Morgan fingerprint density at radius 2 is 1.90 bits per heavy atom. The minimum Gasteiger partial charge on any atom is -0.467 e. The molecule has 1 amide bonds. The standard InChI is InChI=1S/C23H25FN2O3/c1-29-22(28)23(14-17-9-5-6-10-19(17)24)20-12-11-18(13-21(27)25-23)26(20)15-16-7-3-2-4-8-16/h2-10,18,20H,11-15H2,1H3,(H,25,27)/t18-,20-,23+/m1/s1. The Morgan fingerprint density at radius 1 is 1.17 bits per heavy atom. The molecule has 5 nitrogen and oxygen atoms in total. The lowest BCUT2D eigenvalue weighted by atomic mass is 9.81. The third-order valence-corrected chi connectivity index (χ3v) is 6.18. The highest BCUT2D eigenvalue weighted by Gasteiger charge is 2.56. The van der Waals surface area contributed by atoms with E-state index in [1.54, 1.807) is 18.2 Å². The molecule has 0 radical (unpaired) electrons. The molecule has 4 rings (SSSR count). The van der Waals surface area contributed by atoms with Crippen molar-refractivity contribution in [2.75, 3.05) is 7.11 Å². The van der Waals surface area contributed by atoms with E-state index in [1.807, 2.05) is 30.3 Å². The molecule has 1 N–H and O–H groups in total. The summed E-state index contributed by atoms with van der Waals surface area (Å²) >= 11 is 0. The number of carbonyl (C=O) groups excluding carboxylic acids is 2. The third-order valence-electron chi connectivity index (χ3n) is 6.18. The van der Waals surface area contributed by atoms with Crippen LogP contribution in [0.25, 0.3) is 0 Å². The van der Waals surface area contributed by atoms with Gasteiger partial charge in [-0.05, 0) is 30.0 Å². The van der Waals surface area contributed by atoms with Crippen molar-refractivity contribution in [1.29, 1.82) is 0 Å². The topological polar surface area (TPSA) is 58.6 Å². The van der Waals surface area contributed by atoms with Crippen molar-refractivity contribution in [3.63, 3.8) is 0 Å². The number of rotatable bonds is 5. The molecular weight excluding hydrogens is 371 g/mol. The maximum Gasteiger partial charge on any atom is 0.333 e. The first-order chi connectivity index (χ1) is 14.0. The first kappa shape index (κ1) is 19.6. The first-order valence-electron chi connectivity index (χ1n) is 9.96. The van der Waals surface area contributed by atoms with Crippen LogP contribution in [0, 0.1) is 5.82 Å². The second-order valence-corrected chi connectivity index (χ2v) is 7.89. The van der Waals surface area contributed by atoms with Gasteiger partial charge in [-0.3, -0.25) is 9.69 Å². The summed E-state index contributed by atoms with van der Waals surface area (Å²) in [5, 5.41) is 2.94. The fourth-order valence-electron chi connectivity index (χ4n) is 4.86.